The van der Waals surface area contributed by atoms with Gasteiger partial charge < -0.3 is 5.32 Å². The Morgan fingerprint density at radius 2 is 1.31 bits per heavy atom. The molecule has 4 saturated carbocycles. The maximum atomic E-state index is 12.6. The van der Waals surface area contributed by atoms with Crippen molar-refractivity contribution in [3.05, 3.63) is 101 Å². The Balaban J connectivity index is 1.26. The second-order valence-electron chi connectivity index (χ2n) is 10.8. The van der Waals surface area contributed by atoms with Gasteiger partial charge in [0.25, 0.3) is 5.91 Å². The smallest absolute Gasteiger partial charge is 0.255 e. The van der Waals surface area contributed by atoms with E-state index in [4.69, 9.17) is 0 Å². The summed E-state index contributed by atoms with van der Waals surface area (Å²) in [5.74, 6) is 1.64. The van der Waals surface area contributed by atoms with Crippen LogP contribution < -0.4 is 5.32 Å². The molecule has 2 atom stereocenters. The second kappa shape index (κ2) is 7.33. The van der Waals surface area contributed by atoms with E-state index in [1.807, 2.05) is 31.2 Å². The van der Waals surface area contributed by atoms with Gasteiger partial charge in [0.1, 0.15) is 0 Å². The predicted octanol–water partition coefficient (Wildman–Crippen LogP) is 7.04. The lowest BCUT2D eigenvalue weighted by Gasteiger charge is -2.62. The molecule has 4 fully saturated rings. The molecule has 7 rings (SSSR count). The van der Waals surface area contributed by atoms with E-state index in [2.05, 4.69) is 59.9 Å². The van der Waals surface area contributed by atoms with Crippen LogP contribution in [-0.4, -0.2) is 5.91 Å². The molecule has 0 heterocycles. The number of aryl methyl sites for hydroxylation is 1. The van der Waals surface area contributed by atoms with E-state index in [1.165, 1.54) is 44.1 Å². The number of benzene rings is 3. The van der Waals surface area contributed by atoms with Gasteiger partial charge in [-0.15, -0.1) is 0 Å². The fourth-order valence-electron chi connectivity index (χ4n) is 7.55. The summed E-state index contributed by atoms with van der Waals surface area (Å²) in [6.45, 7) is 2.03. The van der Waals surface area contributed by atoms with Gasteiger partial charge in [0, 0.05) is 11.3 Å². The zero-order chi connectivity index (χ0) is 21.8. The van der Waals surface area contributed by atoms with Crippen molar-refractivity contribution in [1.29, 1.82) is 0 Å². The van der Waals surface area contributed by atoms with E-state index in [1.54, 1.807) is 5.56 Å². The second-order valence-corrected chi connectivity index (χ2v) is 10.8. The Hall–Kier alpha value is -2.87. The van der Waals surface area contributed by atoms with Crippen LogP contribution in [0.4, 0.5) is 5.69 Å². The van der Waals surface area contributed by atoms with Crippen LogP contribution in [0.2, 0.25) is 0 Å². The molecule has 3 aromatic carbocycles. The number of anilines is 1. The topological polar surface area (TPSA) is 29.1 Å². The third-order valence-electron chi connectivity index (χ3n) is 8.52. The molecule has 162 valence electrons. The highest BCUT2D eigenvalue weighted by Crippen LogP contribution is 2.66. The average molecular weight is 422 g/mol. The summed E-state index contributed by atoms with van der Waals surface area (Å²) >= 11 is 0. The third-order valence-corrected chi connectivity index (χ3v) is 8.52. The van der Waals surface area contributed by atoms with Crippen molar-refractivity contribution in [3.63, 3.8) is 0 Å². The minimum Gasteiger partial charge on any atom is -0.322 e. The van der Waals surface area contributed by atoms with E-state index in [0.717, 1.165) is 23.1 Å². The normalized spacial score (nSPS) is 30.3. The molecule has 4 aliphatic carbocycles. The summed E-state index contributed by atoms with van der Waals surface area (Å²) in [6.07, 6.45) is 8.06. The molecule has 0 aromatic heterocycles. The molecule has 3 aromatic rings. The fraction of sp³-hybridized carbons (Fsp3) is 0.367. The highest BCUT2D eigenvalue weighted by atomic mass is 16.1. The van der Waals surface area contributed by atoms with Gasteiger partial charge in [-0.1, -0.05) is 60.2 Å². The van der Waals surface area contributed by atoms with E-state index < -0.39 is 0 Å². The summed E-state index contributed by atoms with van der Waals surface area (Å²) in [5.41, 5.74) is 6.41. The van der Waals surface area contributed by atoms with E-state index in [0.29, 0.717) is 16.4 Å². The van der Waals surface area contributed by atoms with E-state index in [-0.39, 0.29) is 5.91 Å². The summed E-state index contributed by atoms with van der Waals surface area (Å²) in [6, 6.07) is 27.8. The van der Waals surface area contributed by atoms with Crippen molar-refractivity contribution in [2.24, 2.45) is 11.8 Å². The third kappa shape index (κ3) is 3.28. The zero-order valence-electron chi connectivity index (χ0n) is 18.8. The number of carbonyl (C=O) groups excluding carboxylic acids is 1. The molecule has 0 saturated heterocycles. The molecule has 1 N–H and O–H groups in total. The molecule has 2 nitrogen and oxygen atoms in total. The summed E-state index contributed by atoms with van der Waals surface area (Å²) in [7, 11) is 0. The number of amides is 1. The van der Waals surface area contributed by atoms with E-state index >= 15 is 0 Å². The fourth-order valence-corrected chi connectivity index (χ4v) is 7.55. The first-order valence-corrected chi connectivity index (χ1v) is 12.1. The van der Waals surface area contributed by atoms with Gasteiger partial charge in [0.2, 0.25) is 0 Å². The monoisotopic (exact) mass is 421 g/mol. The minimum atomic E-state index is -0.0458. The molecule has 0 radical (unpaired) electrons. The summed E-state index contributed by atoms with van der Waals surface area (Å²) in [4.78, 5) is 12.6. The SMILES string of the molecule is Cc1ccc(C(=O)Nc2ccc(C34C[C@H]5C[C@@H](CC(c6ccccc6)(C5)C3)C4)cc2)cc1. The molecule has 4 aliphatic rings. The number of nitrogens with one attached hydrogen (secondary N) is 1. The first kappa shape index (κ1) is 19.8. The van der Waals surface area contributed by atoms with Crippen molar-refractivity contribution in [2.45, 2.75) is 56.3 Å². The van der Waals surface area contributed by atoms with Gasteiger partial charge in [-0.2, -0.15) is 0 Å². The molecular weight excluding hydrogens is 390 g/mol. The van der Waals surface area contributed by atoms with Gasteiger partial charge in [-0.05, 0) is 104 Å². The van der Waals surface area contributed by atoms with Crippen molar-refractivity contribution in [1.82, 2.24) is 0 Å². The minimum absolute atomic E-state index is 0.0458. The van der Waals surface area contributed by atoms with Crippen LogP contribution in [0.3, 0.4) is 0 Å². The lowest BCUT2D eigenvalue weighted by atomic mass is 9.42. The van der Waals surface area contributed by atoms with Crippen molar-refractivity contribution in [3.8, 4) is 0 Å². The highest BCUT2D eigenvalue weighted by Gasteiger charge is 2.58. The van der Waals surface area contributed by atoms with Crippen LogP contribution in [0.25, 0.3) is 0 Å². The van der Waals surface area contributed by atoms with Crippen molar-refractivity contribution >= 4 is 11.6 Å². The number of hydrogen-bond donors (Lipinski definition) is 1. The average Bonchev–Trinajstić information content (AvgIpc) is 2.80. The first-order valence-electron chi connectivity index (χ1n) is 12.1. The number of hydrogen-bond acceptors (Lipinski definition) is 1. The zero-order valence-corrected chi connectivity index (χ0v) is 18.8. The maximum Gasteiger partial charge on any atom is 0.255 e. The summed E-state index contributed by atoms with van der Waals surface area (Å²) in [5, 5.41) is 3.07. The first-order chi connectivity index (χ1) is 15.5. The molecule has 0 spiro atoms. The van der Waals surface area contributed by atoms with Crippen LogP contribution >= 0.6 is 0 Å². The van der Waals surface area contributed by atoms with Gasteiger partial charge in [-0.25, -0.2) is 0 Å². The molecule has 32 heavy (non-hydrogen) atoms. The molecule has 0 aliphatic heterocycles. The van der Waals surface area contributed by atoms with Crippen LogP contribution in [0.1, 0.15) is 65.6 Å². The van der Waals surface area contributed by atoms with Crippen LogP contribution in [-0.2, 0) is 10.8 Å². The standard InChI is InChI=1S/C30H31NO/c1-21-7-9-24(10-8-21)28(32)31-27-13-11-26(12-14-27)30-18-22-15-23(19-30)17-29(16-22,20-30)25-5-3-2-4-6-25/h2-14,22-23H,15-20H2,1H3,(H,31,32)/t22-,23-,29?,30?/m0/s1. The summed E-state index contributed by atoms with van der Waals surface area (Å²) < 4.78 is 0. The van der Waals surface area contributed by atoms with Crippen LogP contribution in [0.15, 0.2) is 78.9 Å². The van der Waals surface area contributed by atoms with Gasteiger partial charge in [-0.3, -0.25) is 4.79 Å². The maximum absolute atomic E-state index is 12.6. The lowest BCUT2D eigenvalue weighted by Crippen LogP contribution is -2.55. The largest absolute Gasteiger partial charge is 0.322 e. The quantitative estimate of drug-likeness (QED) is 0.481. The van der Waals surface area contributed by atoms with Crippen LogP contribution in [0.5, 0.6) is 0 Å². The molecule has 4 bridgehead atoms. The van der Waals surface area contributed by atoms with Crippen molar-refractivity contribution in [2.75, 3.05) is 5.32 Å². The Morgan fingerprint density at radius 3 is 1.91 bits per heavy atom. The highest BCUT2D eigenvalue weighted by molar-refractivity contribution is 6.04. The predicted molar refractivity (Wildman–Crippen MR) is 130 cm³/mol. The Kier molecular flexibility index (Phi) is 4.54. The molecule has 2 heteroatoms. The van der Waals surface area contributed by atoms with Crippen LogP contribution in [0, 0.1) is 18.8 Å². The molecular formula is C30H31NO. The van der Waals surface area contributed by atoms with Gasteiger partial charge in [0.05, 0.1) is 0 Å². The van der Waals surface area contributed by atoms with Gasteiger partial charge in [0.15, 0.2) is 0 Å². The Bertz CT molecular complexity index is 1120. The Labute approximate surface area is 191 Å². The lowest BCUT2D eigenvalue weighted by molar-refractivity contribution is -0.0281. The number of carbonyl (C=O) groups is 1. The Morgan fingerprint density at radius 1 is 0.750 bits per heavy atom. The molecule has 1 amide bonds. The van der Waals surface area contributed by atoms with E-state index in [9.17, 15) is 4.79 Å². The van der Waals surface area contributed by atoms with Crippen molar-refractivity contribution < 1.29 is 4.79 Å². The molecule has 0 unspecified atom stereocenters. The number of rotatable bonds is 4. The van der Waals surface area contributed by atoms with Gasteiger partial charge >= 0.3 is 0 Å².